The topological polar surface area (TPSA) is 58.4 Å². The molecule has 0 radical (unpaired) electrons. The molecule has 1 aromatic heterocycles. The molecule has 3 rings (SSSR count). The molecule has 2 heterocycles. The van der Waals surface area contributed by atoms with E-state index >= 15 is 0 Å². The van der Waals surface area contributed by atoms with Gasteiger partial charge in [0.2, 0.25) is 10.0 Å². The number of halogens is 2. The number of hydrogen-bond donors (Lipinski definition) is 0. The molecule has 26 heavy (non-hydrogen) atoms. The lowest BCUT2D eigenvalue weighted by Gasteiger charge is -2.34. The number of sulfonamides is 1. The van der Waals surface area contributed by atoms with Crippen molar-refractivity contribution in [1.82, 2.24) is 19.0 Å². The van der Waals surface area contributed by atoms with E-state index < -0.39 is 10.0 Å². The van der Waals surface area contributed by atoms with Crippen LogP contribution in [0, 0.1) is 13.8 Å². The van der Waals surface area contributed by atoms with Crippen molar-refractivity contribution in [2.24, 2.45) is 7.05 Å². The molecule has 1 saturated heterocycles. The summed E-state index contributed by atoms with van der Waals surface area (Å²) in [6, 6.07) is 5.45. The van der Waals surface area contributed by atoms with Gasteiger partial charge in [-0.05, 0) is 26.0 Å². The van der Waals surface area contributed by atoms with E-state index in [1.54, 1.807) is 25.6 Å². The van der Waals surface area contributed by atoms with Crippen molar-refractivity contribution in [3.8, 4) is 0 Å². The standard InChI is InChI=1S/C17H22Cl2N4O2S/c1-12-17(13(2)21(3)20-12)26(24,25)23-9-7-22(8-10-23)11-14-15(18)5-4-6-16(14)19/h4-6H,7-11H2,1-3H3. The molecule has 1 fully saturated rings. The van der Waals surface area contributed by atoms with Crippen LogP contribution in [0.5, 0.6) is 0 Å². The van der Waals surface area contributed by atoms with Crippen LogP contribution in [0.25, 0.3) is 0 Å². The Morgan fingerprint density at radius 3 is 2.15 bits per heavy atom. The Morgan fingerprint density at radius 1 is 1.08 bits per heavy atom. The lowest BCUT2D eigenvalue weighted by atomic mass is 10.2. The highest BCUT2D eigenvalue weighted by atomic mass is 35.5. The Morgan fingerprint density at radius 2 is 1.65 bits per heavy atom. The molecule has 6 nitrogen and oxygen atoms in total. The zero-order valence-electron chi connectivity index (χ0n) is 15.0. The number of piperazine rings is 1. The first-order chi connectivity index (χ1) is 12.2. The molecular weight excluding hydrogens is 395 g/mol. The van der Waals surface area contributed by atoms with E-state index in [-0.39, 0.29) is 0 Å². The number of rotatable bonds is 4. The third-order valence-corrected chi connectivity index (χ3v) is 7.68. The predicted octanol–water partition coefficient (Wildman–Crippen LogP) is 2.85. The first-order valence-corrected chi connectivity index (χ1v) is 10.6. The van der Waals surface area contributed by atoms with Crippen molar-refractivity contribution in [3.05, 3.63) is 45.2 Å². The van der Waals surface area contributed by atoms with E-state index in [9.17, 15) is 8.42 Å². The summed E-state index contributed by atoms with van der Waals surface area (Å²) in [6.45, 7) is 6.23. The second-order valence-electron chi connectivity index (χ2n) is 6.50. The van der Waals surface area contributed by atoms with Gasteiger partial charge in [-0.3, -0.25) is 9.58 Å². The van der Waals surface area contributed by atoms with E-state index in [0.717, 1.165) is 5.56 Å². The van der Waals surface area contributed by atoms with Gasteiger partial charge in [0.25, 0.3) is 0 Å². The predicted molar refractivity (Wildman–Crippen MR) is 103 cm³/mol. The molecule has 1 aliphatic heterocycles. The molecule has 0 amide bonds. The fourth-order valence-electron chi connectivity index (χ4n) is 3.29. The minimum Gasteiger partial charge on any atom is -0.296 e. The van der Waals surface area contributed by atoms with Crippen LogP contribution in [0.15, 0.2) is 23.1 Å². The molecule has 2 aromatic rings. The molecule has 0 unspecified atom stereocenters. The van der Waals surface area contributed by atoms with Gasteiger partial charge in [-0.25, -0.2) is 8.42 Å². The molecule has 9 heteroatoms. The van der Waals surface area contributed by atoms with Gasteiger partial charge < -0.3 is 0 Å². The van der Waals surface area contributed by atoms with Crippen molar-refractivity contribution in [1.29, 1.82) is 0 Å². The summed E-state index contributed by atoms with van der Waals surface area (Å²) < 4.78 is 29.2. The number of benzene rings is 1. The van der Waals surface area contributed by atoms with E-state index in [0.29, 0.717) is 59.1 Å². The van der Waals surface area contributed by atoms with E-state index in [2.05, 4.69) is 10.00 Å². The SMILES string of the molecule is Cc1nn(C)c(C)c1S(=O)(=O)N1CCN(Cc2c(Cl)cccc2Cl)CC1. The average molecular weight is 417 g/mol. The van der Waals surface area contributed by atoms with Crippen molar-refractivity contribution < 1.29 is 8.42 Å². The van der Waals surface area contributed by atoms with E-state index in [1.807, 2.05) is 18.2 Å². The zero-order valence-corrected chi connectivity index (χ0v) is 17.4. The van der Waals surface area contributed by atoms with Gasteiger partial charge in [0.1, 0.15) is 4.90 Å². The molecule has 0 bridgehead atoms. The van der Waals surface area contributed by atoms with Crippen LogP contribution in [0.1, 0.15) is 17.0 Å². The Kier molecular flexibility index (Phi) is 5.65. The van der Waals surface area contributed by atoms with Gasteiger partial charge in [0, 0.05) is 55.4 Å². The number of aryl methyl sites for hydroxylation is 2. The van der Waals surface area contributed by atoms with Gasteiger partial charge in [-0.15, -0.1) is 0 Å². The summed E-state index contributed by atoms with van der Waals surface area (Å²) >= 11 is 12.5. The fraction of sp³-hybridized carbons (Fsp3) is 0.471. The maximum atomic E-state index is 13.0. The lowest BCUT2D eigenvalue weighted by Crippen LogP contribution is -2.48. The Labute approximate surface area is 164 Å². The van der Waals surface area contributed by atoms with Gasteiger partial charge in [0.05, 0.1) is 11.4 Å². The molecular formula is C17H22Cl2N4O2S. The normalized spacial score (nSPS) is 17.0. The molecule has 1 aromatic carbocycles. The molecule has 142 valence electrons. The second-order valence-corrected chi connectivity index (χ2v) is 9.19. The largest absolute Gasteiger partial charge is 0.296 e. The zero-order chi connectivity index (χ0) is 19.1. The molecule has 0 aliphatic carbocycles. The number of hydrogen-bond acceptors (Lipinski definition) is 4. The fourth-order valence-corrected chi connectivity index (χ4v) is 5.63. The summed E-state index contributed by atoms with van der Waals surface area (Å²) in [5.74, 6) is 0. The molecule has 0 spiro atoms. The van der Waals surface area contributed by atoms with Crippen LogP contribution < -0.4 is 0 Å². The maximum absolute atomic E-state index is 13.0. The summed E-state index contributed by atoms with van der Waals surface area (Å²) in [6.07, 6.45) is 0. The van der Waals surface area contributed by atoms with Crippen LogP contribution in [0.4, 0.5) is 0 Å². The quantitative estimate of drug-likeness (QED) is 0.768. The minimum absolute atomic E-state index is 0.322. The van der Waals surface area contributed by atoms with Gasteiger partial charge >= 0.3 is 0 Å². The first-order valence-electron chi connectivity index (χ1n) is 8.37. The summed E-state index contributed by atoms with van der Waals surface area (Å²) in [5, 5.41) is 5.50. The molecule has 0 atom stereocenters. The van der Waals surface area contributed by atoms with Crippen LogP contribution >= 0.6 is 23.2 Å². The average Bonchev–Trinajstić information content (AvgIpc) is 2.84. The van der Waals surface area contributed by atoms with Crippen LogP contribution in [0.2, 0.25) is 10.0 Å². The van der Waals surface area contributed by atoms with Gasteiger partial charge in [-0.1, -0.05) is 29.3 Å². The van der Waals surface area contributed by atoms with Crippen molar-refractivity contribution in [3.63, 3.8) is 0 Å². The van der Waals surface area contributed by atoms with Gasteiger partial charge in [0.15, 0.2) is 0 Å². The van der Waals surface area contributed by atoms with Crippen LogP contribution in [0.3, 0.4) is 0 Å². The van der Waals surface area contributed by atoms with Crippen molar-refractivity contribution in [2.75, 3.05) is 26.2 Å². The minimum atomic E-state index is -3.54. The Bertz CT molecular complexity index is 899. The van der Waals surface area contributed by atoms with E-state index in [1.165, 1.54) is 4.31 Å². The molecule has 0 N–H and O–H groups in total. The summed E-state index contributed by atoms with van der Waals surface area (Å²) in [4.78, 5) is 2.49. The second kappa shape index (κ2) is 7.48. The van der Waals surface area contributed by atoms with Crippen LogP contribution in [-0.4, -0.2) is 53.6 Å². The number of nitrogens with zero attached hydrogens (tertiary/aromatic N) is 4. The maximum Gasteiger partial charge on any atom is 0.246 e. The summed E-state index contributed by atoms with van der Waals surface area (Å²) in [7, 11) is -1.79. The first kappa shape index (κ1) is 19.6. The third-order valence-electron chi connectivity index (χ3n) is 4.82. The van der Waals surface area contributed by atoms with Gasteiger partial charge in [-0.2, -0.15) is 9.40 Å². The summed E-state index contributed by atoms with van der Waals surface area (Å²) in [5.41, 5.74) is 2.08. The highest BCUT2D eigenvalue weighted by molar-refractivity contribution is 7.89. The highest BCUT2D eigenvalue weighted by Gasteiger charge is 2.33. The molecule has 0 saturated carbocycles. The Hall–Kier alpha value is -1.12. The monoisotopic (exact) mass is 416 g/mol. The van der Waals surface area contributed by atoms with Crippen molar-refractivity contribution in [2.45, 2.75) is 25.3 Å². The third kappa shape index (κ3) is 3.64. The highest BCUT2D eigenvalue weighted by Crippen LogP contribution is 2.27. The smallest absolute Gasteiger partial charge is 0.246 e. The Balaban J connectivity index is 1.72. The molecule has 1 aliphatic rings. The lowest BCUT2D eigenvalue weighted by molar-refractivity contribution is 0.181. The van der Waals surface area contributed by atoms with Crippen LogP contribution in [-0.2, 0) is 23.6 Å². The van der Waals surface area contributed by atoms with E-state index in [4.69, 9.17) is 23.2 Å². The number of aromatic nitrogens is 2. The van der Waals surface area contributed by atoms with Crippen molar-refractivity contribution >= 4 is 33.2 Å².